The maximum atomic E-state index is 12.7. The summed E-state index contributed by atoms with van der Waals surface area (Å²) in [5, 5.41) is 3.60. The largest absolute Gasteiger partial charge is 0.373 e. The van der Waals surface area contributed by atoms with Gasteiger partial charge in [0.2, 0.25) is 5.91 Å². The molecular weight excluding hydrogens is 312 g/mol. The van der Waals surface area contributed by atoms with E-state index in [-0.39, 0.29) is 18.2 Å². The second-order valence-corrected chi connectivity index (χ2v) is 5.84. The Morgan fingerprint density at radius 2 is 1.83 bits per heavy atom. The fraction of sp³-hybridized carbons (Fsp3) is 0.222. The van der Waals surface area contributed by atoms with Gasteiger partial charge < -0.3 is 5.32 Å². The smallest absolute Gasteiger partial charge is 0.256 e. The molecule has 3 rings (SSSR count). The van der Waals surface area contributed by atoms with Gasteiger partial charge in [0.1, 0.15) is 6.04 Å². The van der Waals surface area contributed by atoms with Crippen molar-refractivity contribution < 1.29 is 9.59 Å². The summed E-state index contributed by atoms with van der Waals surface area (Å²) in [5.41, 5.74) is 2.45. The Labute approximate surface area is 140 Å². The standard InChI is InChI=1S/C18H17ClN2O2/c1-2-12-7-3-5-9-14(12)20-15-11-17(22)21(18(15)23)16-10-6-4-8-13(16)19/h3-10,15,20H,2,11H2,1H3/t15-/m1/s1. The van der Waals surface area contributed by atoms with Gasteiger partial charge >= 0.3 is 0 Å². The van der Waals surface area contributed by atoms with Gasteiger partial charge in [-0.3, -0.25) is 9.59 Å². The van der Waals surface area contributed by atoms with Gasteiger partial charge in [-0.1, -0.05) is 48.9 Å². The Morgan fingerprint density at radius 1 is 1.13 bits per heavy atom. The number of imide groups is 1. The molecule has 2 aromatic rings. The average molecular weight is 329 g/mol. The van der Waals surface area contributed by atoms with Gasteiger partial charge in [0.05, 0.1) is 17.1 Å². The van der Waals surface area contributed by atoms with Crippen molar-refractivity contribution in [3.8, 4) is 0 Å². The number of anilines is 2. The van der Waals surface area contributed by atoms with Crippen LogP contribution in [0.25, 0.3) is 0 Å². The molecular formula is C18H17ClN2O2. The molecule has 0 radical (unpaired) electrons. The Hall–Kier alpha value is -2.33. The number of halogens is 1. The maximum absolute atomic E-state index is 12.7. The summed E-state index contributed by atoms with van der Waals surface area (Å²) < 4.78 is 0. The first kappa shape index (κ1) is 15.6. The zero-order valence-corrected chi connectivity index (χ0v) is 13.5. The SMILES string of the molecule is CCc1ccccc1N[C@@H]1CC(=O)N(c2ccccc2Cl)C1=O. The Bertz CT molecular complexity index is 760. The summed E-state index contributed by atoms with van der Waals surface area (Å²) in [5.74, 6) is -0.511. The molecule has 0 bridgehead atoms. The lowest BCUT2D eigenvalue weighted by Gasteiger charge is -2.18. The minimum Gasteiger partial charge on any atom is -0.373 e. The van der Waals surface area contributed by atoms with Crippen molar-refractivity contribution in [3.63, 3.8) is 0 Å². The lowest BCUT2D eigenvalue weighted by atomic mass is 10.1. The summed E-state index contributed by atoms with van der Waals surface area (Å²) in [4.78, 5) is 26.1. The third-order valence-corrected chi connectivity index (χ3v) is 4.29. The van der Waals surface area contributed by atoms with Crippen LogP contribution in [-0.4, -0.2) is 17.9 Å². The van der Waals surface area contributed by atoms with Crippen LogP contribution in [0.5, 0.6) is 0 Å². The van der Waals surface area contributed by atoms with Crippen molar-refractivity contribution in [1.82, 2.24) is 0 Å². The van der Waals surface area contributed by atoms with Crippen LogP contribution in [0.1, 0.15) is 18.9 Å². The number of benzene rings is 2. The number of aryl methyl sites for hydroxylation is 1. The molecule has 2 aromatic carbocycles. The molecule has 1 N–H and O–H groups in total. The van der Waals surface area contributed by atoms with Crippen LogP contribution < -0.4 is 10.2 Å². The fourth-order valence-corrected chi connectivity index (χ4v) is 3.01. The highest BCUT2D eigenvalue weighted by Crippen LogP contribution is 2.31. The lowest BCUT2D eigenvalue weighted by Crippen LogP contribution is -2.35. The molecule has 118 valence electrons. The number of carbonyl (C=O) groups excluding carboxylic acids is 2. The number of amides is 2. The molecule has 0 aromatic heterocycles. The van der Waals surface area contributed by atoms with Gasteiger partial charge in [-0.15, -0.1) is 0 Å². The van der Waals surface area contributed by atoms with Crippen LogP contribution in [0.2, 0.25) is 5.02 Å². The van der Waals surface area contributed by atoms with Gasteiger partial charge in [0.25, 0.3) is 5.91 Å². The summed E-state index contributed by atoms with van der Waals surface area (Å²) >= 11 is 6.12. The van der Waals surface area contributed by atoms with Crippen LogP contribution in [0, 0.1) is 0 Å². The number of nitrogens with one attached hydrogen (secondary N) is 1. The average Bonchev–Trinajstić information content (AvgIpc) is 2.83. The van der Waals surface area contributed by atoms with Gasteiger partial charge in [0, 0.05) is 5.69 Å². The van der Waals surface area contributed by atoms with Crippen molar-refractivity contribution in [1.29, 1.82) is 0 Å². The van der Waals surface area contributed by atoms with Crippen molar-refractivity contribution >= 4 is 34.8 Å². The predicted molar refractivity (Wildman–Crippen MR) is 91.8 cm³/mol. The molecule has 0 saturated carbocycles. The molecule has 1 atom stereocenters. The highest BCUT2D eigenvalue weighted by Gasteiger charge is 2.40. The molecule has 0 aliphatic carbocycles. The van der Waals surface area contributed by atoms with Crippen molar-refractivity contribution in [2.45, 2.75) is 25.8 Å². The molecule has 0 unspecified atom stereocenters. The maximum Gasteiger partial charge on any atom is 0.256 e. The number of hydrogen-bond donors (Lipinski definition) is 1. The molecule has 5 heteroatoms. The molecule has 23 heavy (non-hydrogen) atoms. The Morgan fingerprint density at radius 3 is 2.57 bits per heavy atom. The molecule has 1 fully saturated rings. The minimum absolute atomic E-state index is 0.127. The minimum atomic E-state index is -0.563. The second kappa shape index (κ2) is 6.42. The molecule has 4 nitrogen and oxygen atoms in total. The van der Waals surface area contributed by atoms with E-state index in [1.165, 1.54) is 4.90 Å². The molecule has 2 amide bonds. The van der Waals surface area contributed by atoms with E-state index in [0.717, 1.165) is 17.7 Å². The van der Waals surface area contributed by atoms with E-state index >= 15 is 0 Å². The fourth-order valence-electron chi connectivity index (χ4n) is 2.79. The van der Waals surface area contributed by atoms with Gasteiger partial charge in [-0.2, -0.15) is 0 Å². The first-order chi connectivity index (χ1) is 11.1. The van der Waals surface area contributed by atoms with Crippen LogP contribution in [0.3, 0.4) is 0 Å². The zero-order valence-electron chi connectivity index (χ0n) is 12.8. The third-order valence-electron chi connectivity index (χ3n) is 3.97. The van der Waals surface area contributed by atoms with Crippen LogP contribution in [0.4, 0.5) is 11.4 Å². The second-order valence-electron chi connectivity index (χ2n) is 5.43. The number of nitrogens with zero attached hydrogens (tertiary/aromatic N) is 1. The van der Waals surface area contributed by atoms with Crippen LogP contribution >= 0.6 is 11.6 Å². The molecule has 1 aliphatic heterocycles. The summed E-state index contributed by atoms with van der Waals surface area (Å²) in [6.45, 7) is 2.05. The van der Waals surface area contributed by atoms with E-state index in [1.54, 1.807) is 24.3 Å². The molecule has 1 aliphatic rings. The van der Waals surface area contributed by atoms with E-state index in [1.807, 2.05) is 24.3 Å². The summed E-state index contributed by atoms with van der Waals surface area (Å²) in [7, 11) is 0. The lowest BCUT2D eigenvalue weighted by molar-refractivity contribution is -0.121. The Kier molecular flexibility index (Phi) is 4.35. The number of hydrogen-bond acceptors (Lipinski definition) is 3. The van der Waals surface area contributed by atoms with E-state index in [0.29, 0.717) is 10.7 Å². The van der Waals surface area contributed by atoms with E-state index in [2.05, 4.69) is 12.2 Å². The normalized spacial score (nSPS) is 17.7. The first-order valence-electron chi connectivity index (χ1n) is 7.57. The first-order valence-corrected chi connectivity index (χ1v) is 7.95. The highest BCUT2D eigenvalue weighted by molar-refractivity contribution is 6.36. The molecule has 1 saturated heterocycles. The molecule has 0 spiro atoms. The van der Waals surface area contributed by atoms with E-state index < -0.39 is 6.04 Å². The molecule has 1 heterocycles. The van der Waals surface area contributed by atoms with E-state index in [4.69, 9.17) is 11.6 Å². The van der Waals surface area contributed by atoms with Crippen molar-refractivity contribution in [2.24, 2.45) is 0 Å². The third kappa shape index (κ3) is 2.94. The van der Waals surface area contributed by atoms with Crippen LogP contribution in [0.15, 0.2) is 48.5 Å². The van der Waals surface area contributed by atoms with E-state index in [9.17, 15) is 9.59 Å². The zero-order chi connectivity index (χ0) is 16.4. The number of rotatable bonds is 4. The number of carbonyl (C=O) groups is 2. The van der Waals surface area contributed by atoms with Crippen LogP contribution in [-0.2, 0) is 16.0 Å². The topological polar surface area (TPSA) is 49.4 Å². The van der Waals surface area contributed by atoms with Gasteiger partial charge in [-0.25, -0.2) is 4.90 Å². The van der Waals surface area contributed by atoms with Crippen molar-refractivity contribution in [3.05, 3.63) is 59.1 Å². The quantitative estimate of drug-likeness (QED) is 0.872. The Balaban J connectivity index is 1.86. The monoisotopic (exact) mass is 328 g/mol. The summed E-state index contributed by atoms with van der Waals surface area (Å²) in [6.07, 6.45) is 0.981. The van der Waals surface area contributed by atoms with Gasteiger partial charge in [-0.05, 0) is 30.2 Å². The predicted octanol–water partition coefficient (Wildman–Crippen LogP) is 3.65. The van der Waals surface area contributed by atoms with Gasteiger partial charge in [0.15, 0.2) is 0 Å². The number of para-hydroxylation sites is 2. The highest BCUT2D eigenvalue weighted by atomic mass is 35.5. The van der Waals surface area contributed by atoms with Crippen molar-refractivity contribution in [2.75, 3.05) is 10.2 Å². The summed E-state index contributed by atoms with van der Waals surface area (Å²) in [6, 6.07) is 14.1.